The van der Waals surface area contributed by atoms with Gasteiger partial charge in [0.05, 0.1) is 0 Å². The zero-order chi connectivity index (χ0) is 13.0. The predicted molar refractivity (Wildman–Crippen MR) is 62.2 cm³/mol. The van der Waals surface area contributed by atoms with Crippen LogP contribution in [0.2, 0.25) is 0 Å². The summed E-state index contributed by atoms with van der Waals surface area (Å²) in [6, 6.07) is 1.97. The Hall–Kier alpha value is -1.03. The molecule has 1 N–H and O–H groups in total. The van der Waals surface area contributed by atoms with Crippen LogP contribution in [0.5, 0.6) is 0 Å². The smallest absolute Gasteiger partial charge is 0.194 e. The highest BCUT2D eigenvalue weighted by atomic mass is 19.2. The average Bonchev–Trinajstić information content (AvgIpc) is 2.30. The van der Waals surface area contributed by atoms with E-state index in [0.29, 0.717) is 0 Å². The molecule has 0 saturated heterocycles. The first-order chi connectivity index (χ1) is 8.02. The average molecular weight is 245 g/mol. The molecule has 1 nitrogen and oxygen atoms in total. The van der Waals surface area contributed by atoms with Crippen LogP contribution >= 0.6 is 0 Å². The SMILES string of the molecule is CCCC(C)C(NC)c1ccc(F)c(F)c1F. The van der Waals surface area contributed by atoms with Crippen LogP contribution in [-0.2, 0) is 0 Å². The van der Waals surface area contributed by atoms with Crippen LogP contribution in [0.3, 0.4) is 0 Å². The van der Waals surface area contributed by atoms with Crippen molar-refractivity contribution in [1.29, 1.82) is 0 Å². The summed E-state index contributed by atoms with van der Waals surface area (Å²) in [6.45, 7) is 4.00. The third-order valence-electron chi connectivity index (χ3n) is 3.02. The van der Waals surface area contributed by atoms with E-state index in [-0.39, 0.29) is 17.5 Å². The van der Waals surface area contributed by atoms with E-state index in [4.69, 9.17) is 0 Å². The fraction of sp³-hybridized carbons (Fsp3) is 0.538. The highest BCUT2D eigenvalue weighted by Crippen LogP contribution is 2.28. The minimum absolute atomic E-state index is 0.157. The summed E-state index contributed by atoms with van der Waals surface area (Å²) in [5.41, 5.74) is 0.187. The van der Waals surface area contributed by atoms with Gasteiger partial charge in [-0.3, -0.25) is 0 Å². The number of hydrogen-bond acceptors (Lipinski definition) is 1. The zero-order valence-corrected chi connectivity index (χ0v) is 10.4. The van der Waals surface area contributed by atoms with Crippen molar-refractivity contribution in [1.82, 2.24) is 5.32 Å². The molecule has 0 bridgehead atoms. The molecule has 96 valence electrons. The lowest BCUT2D eigenvalue weighted by molar-refractivity contribution is 0.360. The van der Waals surface area contributed by atoms with E-state index in [9.17, 15) is 13.2 Å². The van der Waals surface area contributed by atoms with Gasteiger partial charge in [-0.25, -0.2) is 13.2 Å². The molecular formula is C13H18F3N. The summed E-state index contributed by atoms with van der Waals surface area (Å²) in [5, 5.41) is 2.96. The van der Waals surface area contributed by atoms with Gasteiger partial charge in [0, 0.05) is 11.6 Å². The highest BCUT2D eigenvalue weighted by Gasteiger charge is 2.23. The number of halogens is 3. The number of benzene rings is 1. The van der Waals surface area contributed by atoms with Gasteiger partial charge in [-0.05, 0) is 25.5 Å². The second-order valence-electron chi connectivity index (χ2n) is 4.30. The molecule has 0 saturated carbocycles. The molecule has 0 amide bonds. The highest BCUT2D eigenvalue weighted by molar-refractivity contribution is 5.24. The van der Waals surface area contributed by atoms with E-state index in [2.05, 4.69) is 5.32 Å². The molecule has 0 aromatic heterocycles. The summed E-state index contributed by atoms with van der Waals surface area (Å²) in [4.78, 5) is 0. The van der Waals surface area contributed by atoms with Crippen LogP contribution in [-0.4, -0.2) is 7.05 Å². The fourth-order valence-electron chi connectivity index (χ4n) is 2.15. The number of nitrogens with one attached hydrogen (secondary N) is 1. The lowest BCUT2D eigenvalue weighted by Crippen LogP contribution is -2.25. The Morgan fingerprint density at radius 1 is 1.18 bits per heavy atom. The van der Waals surface area contributed by atoms with Crippen LogP contribution in [0.1, 0.15) is 38.3 Å². The van der Waals surface area contributed by atoms with Gasteiger partial charge in [-0.1, -0.05) is 26.3 Å². The van der Waals surface area contributed by atoms with E-state index in [1.165, 1.54) is 6.07 Å². The van der Waals surface area contributed by atoms with E-state index in [1.54, 1.807) is 7.05 Å². The molecule has 2 atom stereocenters. The van der Waals surface area contributed by atoms with Gasteiger partial charge in [0.25, 0.3) is 0 Å². The molecular weight excluding hydrogens is 227 g/mol. The predicted octanol–water partition coefficient (Wildman–Crippen LogP) is 3.80. The topological polar surface area (TPSA) is 12.0 Å². The molecule has 4 heteroatoms. The van der Waals surface area contributed by atoms with Crippen LogP contribution in [0.25, 0.3) is 0 Å². The van der Waals surface area contributed by atoms with Crippen molar-refractivity contribution < 1.29 is 13.2 Å². The molecule has 0 aliphatic carbocycles. The van der Waals surface area contributed by atoms with Crippen molar-refractivity contribution >= 4 is 0 Å². The molecule has 0 aliphatic rings. The third-order valence-corrected chi connectivity index (χ3v) is 3.02. The largest absolute Gasteiger partial charge is 0.313 e. The molecule has 17 heavy (non-hydrogen) atoms. The van der Waals surface area contributed by atoms with Gasteiger partial charge in [0.1, 0.15) is 0 Å². The normalized spacial score (nSPS) is 14.7. The minimum Gasteiger partial charge on any atom is -0.313 e. The van der Waals surface area contributed by atoms with Crippen molar-refractivity contribution in [3.8, 4) is 0 Å². The molecule has 0 fully saturated rings. The lowest BCUT2D eigenvalue weighted by Gasteiger charge is -2.24. The van der Waals surface area contributed by atoms with Gasteiger partial charge in [0.2, 0.25) is 0 Å². The summed E-state index contributed by atoms with van der Waals surface area (Å²) < 4.78 is 39.6. The molecule has 1 aromatic carbocycles. The number of rotatable bonds is 5. The maximum absolute atomic E-state index is 13.6. The molecule has 1 rings (SSSR count). The van der Waals surface area contributed by atoms with Crippen LogP contribution in [0, 0.1) is 23.4 Å². The molecule has 1 aromatic rings. The van der Waals surface area contributed by atoms with E-state index < -0.39 is 17.5 Å². The van der Waals surface area contributed by atoms with E-state index in [1.807, 2.05) is 13.8 Å². The maximum atomic E-state index is 13.6. The van der Waals surface area contributed by atoms with Crippen LogP contribution < -0.4 is 5.32 Å². The third kappa shape index (κ3) is 3.00. The van der Waals surface area contributed by atoms with Crippen molar-refractivity contribution in [3.63, 3.8) is 0 Å². The van der Waals surface area contributed by atoms with Crippen molar-refractivity contribution in [2.75, 3.05) is 7.05 Å². The summed E-state index contributed by atoms with van der Waals surface area (Å²) in [5.74, 6) is -3.48. The van der Waals surface area contributed by atoms with Crippen molar-refractivity contribution in [2.45, 2.75) is 32.7 Å². The van der Waals surface area contributed by atoms with Gasteiger partial charge in [-0.15, -0.1) is 0 Å². The Morgan fingerprint density at radius 2 is 1.82 bits per heavy atom. The van der Waals surface area contributed by atoms with Crippen LogP contribution in [0.4, 0.5) is 13.2 Å². The summed E-state index contributed by atoms with van der Waals surface area (Å²) in [6.07, 6.45) is 1.86. The van der Waals surface area contributed by atoms with Crippen molar-refractivity contribution in [2.24, 2.45) is 5.92 Å². The van der Waals surface area contributed by atoms with Crippen LogP contribution in [0.15, 0.2) is 12.1 Å². The van der Waals surface area contributed by atoms with Gasteiger partial charge >= 0.3 is 0 Å². The zero-order valence-electron chi connectivity index (χ0n) is 10.4. The quantitative estimate of drug-likeness (QED) is 0.778. The first-order valence-electron chi connectivity index (χ1n) is 5.83. The summed E-state index contributed by atoms with van der Waals surface area (Å²) >= 11 is 0. The Morgan fingerprint density at radius 3 is 2.35 bits per heavy atom. The van der Waals surface area contributed by atoms with E-state index >= 15 is 0 Å². The summed E-state index contributed by atoms with van der Waals surface area (Å²) in [7, 11) is 1.69. The Balaban J connectivity index is 3.08. The second kappa shape index (κ2) is 6.05. The lowest BCUT2D eigenvalue weighted by atomic mass is 9.90. The molecule has 0 radical (unpaired) electrons. The standard InChI is InChI=1S/C13H18F3N/c1-4-5-8(2)13(17-3)9-6-7-10(14)12(16)11(9)15/h6-8,13,17H,4-5H2,1-3H3. The molecule has 2 unspecified atom stereocenters. The first kappa shape index (κ1) is 14.0. The molecule has 0 aliphatic heterocycles. The first-order valence-corrected chi connectivity index (χ1v) is 5.83. The fourth-order valence-corrected chi connectivity index (χ4v) is 2.15. The number of hydrogen-bond donors (Lipinski definition) is 1. The second-order valence-corrected chi connectivity index (χ2v) is 4.30. The van der Waals surface area contributed by atoms with Gasteiger partial charge in [-0.2, -0.15) is 0 Å². The molecule has 0 spiro atoms. The van der Waals surface area contributed by atoms with E-state index in [0.717, 1.165) is 18.9 Å². The van der Waals surface area contributed by atoms with Gasteiger partial charge in [0.15, 0.2) is 17.5 Å². The molecule has 0 heterocycles. The monoisotopic (exact) mass is 245 g/mol. The Bertz CT molecular complexity index is 379. The Kier molecular flexibility index (Phi) is 5.00. The maximum Gasteiger partial charge on any atom is 0.194 e. The van der Waals surface area contributed by atoms with Gasteiger partial charge < -0.3 is 5.32 Å². The Labute approximate surface area is 100 Å². The van der Waals surface area contributed by atoms with Crippen molar-refractivity contribution in [3.05, 3.63) is 35.1 Å². The minimum atomic E-state index is -1.40.